The molecule has 19 heavy (non-hydrogen) atoms. The number of hydrogen-bond donors (Lipinski definition) is 1. The van der Waals surface area contributed by atoms with E-state index in [-0.39, 0.29) is 18.5 Å². The van der Waals surface area contributed by atoms with Crippen LogP contribution in [-0.4, -0.2) is 36.5 Å². The van der Waals surface area contributed by atoms with Crippen molar-refractivity contribution in [1.82, 2.24) is 4.90 Å². The fourth-order valence-electron chi connectivity index (χ4n) is 1.52. The highest BCUT2D eigenvalue weighted by Gasteiger charge is 2.22. The number of nitrogens with zero attached hydrogens (tertiary/aromatic N) is 1. The number of carbonyl (C=O) groups excluding carboxylic acids is 2. The summed E-state index contributed by atoms with van der Waals surface area (Å²) < 4.78 is 5.25. The molecule has 0 fully saturated rings. The predicted molar refractivity (Wildman–Crippen MR) is 76.7 cm³/mol. The van der Waals surface area contributed by atoms with E-state index in [4.69, 9.17) is 5.73 Å². The van der Waals surface area contributed by atoms with Crippen LogP contribution in [0.5, 0.6) is 0 Å². The summed E-state index contributed by atoms with van der Waals surface area (Å²) in [5.74, 6) is -0.683. The van der Waals surface area contributed by atoms with Crippen molar-refractivity contribution in [3.63, 3.8) is 0 Å². The Kier molecular flexibility index (Phi) is 5.35. The van der Waals surface area contributed by atoms with Gasteiger partial charge in [-0.15, -0.1) is 0 Å². The second-order valence-corrected chi connectivity index (χ2v) is 5.19. The van der Waals surface area contributed by atoms with Crippen molar-refractivity contribution in [3.05, 3.63) is 28.2 Å². The zero-order valence-electron chi connectivity index (χ0n) is 11.1. The number of anilines is 1. The van der Waals surface area contributed by atoms with E-state index in [0.717, 1.165) is 0 Å². The summed E-state index contributed by atoms with van der Waals surface area (Å²) in [6.07, 6.45) is 0. The summed E-state index contributed by atoms with van der Waals surface area (Å²) in [5, 5.41) is 0. The van der Waals surface area contributed by atoms with Gasteiger partial charge in [-0.3, -0.25) is 9.59 Å². The molecule has 0 saturated heterocycles. The third-order valence-electron chi connectivity index (χ3n) is 2.66. The molecule has 0 atom stereocenters. The first-order valence-electron chi connectivity index (χ1n) is 5.79. The minimum Gasteiger partial charge on any atom is -0.468 e. The Hall–Kier alpha value is -1.56. The van der Waals surface area contributed by atoms with E-state index in [2.05, 4.69) is 20.7 Å². The molecule has 0 aromatic heterocycles. The number of carbonyl (C=O) groups is 2. The van der Waals surface area contributed by atoms with E-state index in [1.54, 1.807) is 18.2 Å². The molecule has 0 bridgehead atoms. The molecule has 0 spiro atoms. The van der Waals surface area contributed by atoms with Crippen LogP contribution in [-0.2, 0) is 9.53 Å². The third kappa shape index (κ3) is 3.96. The van der Waals surface area contributed by atoms with Crippen LogP contribution in [0.2, 0.25) is 0 Å². The van der Waals surface area contributed by atoms with Crippen molar-refractivity contribution in [2.45, 2.75) is 19.9 Å². The summed E-state index contributed by atoms with van der Waals surface area (Å²) in [7, 11) is 1.30. The number of esters is 1. The summed E-state index contributed by atoms with van der Waals surface area (Å²) >= 11 is 3.28. The van der Waals surface area contributed by atoms with E-state index < -0.39 is 5.97 Å². The van der Waals surface area contributed by atoms with Crippen molar-refractivity contribution in [2.24, 2.45) is 0 Å². The Bertz CT molecular complexity index is 489. The molecule has 0 unspecified atom stereocenters. The van der Waals surface area contributed by atoms with Crippen molar-refractivity contribution in [3.8, 4) is 0 Å². The minimum atomic E-state index is -0.448. The van der Waals surface area contributed by atoms with Crippen molar-refractivity contribution >= 4 is 33.5 Å². The first kappa shape index (κ1) is 15.5. The van der Waals surface area contributed by atoms with Gasteiger partial charge in [0.2, 0.25) is 0 Å². The maximum absolute atomic E-state index is 12.4. The van der Waals surface area contributed by atoms with Crippen molar-refractivity contribution in [1.29, 1.82) is 0 Å². The molecule has 0 radical (unpaired) electrons. The van der Waals surface area contributed by atoms with Crippen LogP contribution in [0.25, 0.3) is 0 Å². The zero-order valence-corrected chi connectivity index (χ0v) is 12.7. The molecule has 1 aromatic rings. The quantitative estimate of drug-likeness (QED) is 0.678. The molecule has 0 aliphatic rings. The lowest BCUT2D eigenvalue weighted by molar-refractivity contribution is -0.141. The van der Waals surface area contributed by atoms with Gasteiger partial charge < -0.3 is 15.4 Å². The summed E-state index contributed by atoms with van der Waals surface area (Å²) in [6, 6.07) is 4.82. The largest absolute Gasteiger partial charge is 0.468 e. The van der Waals surface area contributed by atoms with E-state index in [9.17, 15) is 9.59 Å². The van der Waals surface area contributed by atoms with E-state index in [1.165, 1.54) is 12.0 Å². The lowest BCUT2D eigenvalue weighted by atomic mass is 10.1. The number of methoxy groups -OCH3 is 1. The van der Waals surface area contributed by atoms with Crippen LogP contribution < -0.4 is 5.73 Å². The molecule has 6 heteroatoms. The number of nitrogen functional groups attached to an aromatic ring is 1. The summed E-state index contributed by atoms with van der Waals surface area (Å²) in [4.78, 5) is 25.1. The predicted octanol–water partition coefficient (Wildman–Crippen LogP) is 2.05. The maximum Gasteiger partial charge on any atom is 0.325 e. The summed E-state index contributed by atoms with van der Waals surface area (Å²) in [5.41, 5.74) is 6.71. The molecule has 1 aromatic carbocycles. The van der Waals surface area contributed by atoms with Crippen molar-refractivity contribution < 1.29 is 14.3 Å². The Morgan fingerprint density at radius 3 is 2.53 bits per heavy atom. The van der Waals surface area contributed by atoms with Gasteiger partial charge in [-0.1, -0.05) is 0 Å². The first-order chi connectivity index (χ1) is 8.86. The van der Waals surface area contributed by atoms with Gasteiger partial charge in [0.1, 0.15) is 6.54 Å². The fourth-order valence-corrected chi connectivity index (χ4v) is 1.90. The normalized spacial score (nSPS) is 10.4. The van der Waals surface area contributed by atoms with Crippen LogP contribution in [0, 0.1) is 0 Å². The van der Waals surface area contributed by atoms with Gasteiger partial charge in [0, 0.05) is 21.8 Å². The van der Waals surface area contributed by atoms with E-state index >= 15 is 0 Å². The SMILES string of the molecule is COC(=O)CN(C(=O)c1ccc(N)c(Br)c1)C(C)C. The van der Waals surface area contributed by atoms with Crippen LogP contribution in [0.1, 0.15) is 24.2 Å². The molecule has 0 saturated carbocycles. The molecular weight excluding hydrogens is 312 g/mol. The molecule has 1 rings (SSSR count). The Balaban J connectivity index is 2.99. The van der Waals surface area contributed by atoms with Gasteiger partial charge in [0.15, 0.2) is 0 Å². The Labute approximate surface area is 120 Å². The number of rotatable bonds is 4. The third-order valence-corrected chi connectivity index (χ3v) is 3.35. The van der Waals surface area contributed by atoms with Crippen LogP contribution in [0.4, 0.5) is 5.69 Å². The number of hydrogen-bond acceptors (Lipinski definition) is 4. The number of amides is 1. The molecule has 5 nitrogen and oxygen atoms in total. The van der Waals surface area contributed by atoms with Crippen LogP contribution in [0.15, 0.2) is 22.7 Å². The Morgan fingerprint density at radius 2 is 2.05 bits per heavy atom. The number of halogens is 1. The van der Waals surface area contributed by atoms with Gasteiger partial charge in [-0.05, 0) is 48.0 Å². The van der Waals surface area contributed by atoms with E-state index in [1.807, 2.05) is 13.8 Å². The van der Waals surface area contributed by atoms with Gasteiger partial charge in [0.25, 0.3) is 5.91 Å². The highest BCUT2D eigenvalue weighted by Crippen LogP contribution is 2.21. The topological polar surface area (TPSA) is 72.6 Å². The van der Waals surface area contributed by atoms with Crippen molar-refractivity contribution in [2.75, 3.05) is 19.4 Å². The smallest absolute Gasteiger partial charge is 0.325 e. The second-order valence-electron chi connectivity index (χ2n) is 4.34. The lowest BCUT2D eigenvalue weighted by Crippen LogP contribution is -2.41. The summed E-state index contributed by atoms with van der Waals surface area (Å²) in [6.45, 7) is 3.61. The average molecular weight is 329 g/mol. The Morgan fingerprint density at radius 1 is 1.42 bits per heavy atom. The zero-order chi connectivity index (χ0) is 14.6. The standard InChI is InChI=1S/C13H17BrN2O3/c1-8(2)16(7-12(17)19-3)13(18)9-4-5-11(15)10(14)6-9/h4-6,8H,7,15H2,1-3H3. The molecule has 2 N–H and O–H groups in total. The highest BCUT2D eigenvalue weighted by molar-refractivity contribution is 9.10. The second kappa shape index (κ2) is 6.56. The molecule has 104 valence electrons. The van der Waals surface area contributed by atoms with Gasteiger partial charge in [-0.2, -0.15) is 0 Å². The molecular formula is C13H17BrN2O3. The van der Waals surface area contributed by atoms with Crippen LogP contribution in [0.3, 0.4) is 0 Å². The fraction of sp³-hybridized carbons (Fsp3) is 0.385. The average Bonchev–Trinajstić information content (AvgIpc) is 2.37. The first-order valence-corrected chi connectivity index (χ1v) is 6.59. The minimum absolute atomic E-state index is 0.0744. The molecule has 0 heterocycles. The number of ether oxygens (including phenoxy) is 1. The monoisotopic (exact) mass is 328 g/mol. The van der Waals surface area contributed by atoms with E-state index in [0.29, 0.717) is 15.7 Å². The number of benzene rings is 1. The maximum atomic E-state index is 12.4. The van der Waals surface area contributed by atoms with Gasteiger partial charge in [-0.25, -0.2) is 0 Å². The highest BCUT2D eigenvalue weighted by atomic mass is 79.9. The lowest BCUT2D eigenvalue weighted by Gasteiger charge is -2.25. The molecule has 0 aliphatic carbocycles. The molecule has 0 aliphatic heterocycles. The van der Waals surface area contributed by atoms with Gasteiger partial charge in [0.05, 0.1) is 7.11 Å². The van der Waals surface area contributed by atoms with Crippen LogP contribution >= 0.6 is 15.9 Å². The molecule has 1 amide bonds. The van der Waals surface area contributed by atoms with Gasteiger partial charge >= 0.3 is 5.97 Å². The number of nitrogens with two attached hydrogens (primary N) is 1.